The summed E-state index contributed by atoms with van der Waals surface area (Å²) < 4.78 is 20.6. The standard InChI is InChI=1S/C21H20FN5O2/c1-12-10-13-19(21-17(12)18-14(22)4-3-5-16(18)29-21)24-11-15(26(2)25-28)20(13)27-8-6-23-7-9-27/h3-5,10-11,23H,6-9H2,1-2H3. The summed E-state index contributed by atoms with van der Waals surface area (Å²) in [5, 5.41) is 9.79. The van der Waals surface area contributed by atoms with E-state index in [1.54, 1.807) is 25.4 Å². The Morgan fingerprint density at radius 1 is 1.28 bits per heavy atom. The van der Waals surface area contributed by atoms with E-state index in [0.29, 0.717) is 27.8 Å². The van der Waals surface area contributed by atoms with Crippen molar-refractivity contribution in [3.05, 3.63) is 46.8 Å². The molecule has 0 radical (unpaired) electrons. The van der Waals surface area contributed by atoms with Crippen LogP contribution in [0.5, 0.6) is 0 Å². The molecular weight excluding hydrogens is 373 g/mol. The lowest BCUT2D eigenvalue weighted by molar-refractivity contribution is 0.590. The van der Waals surface area contributed by atoms with E-state index in [1.807, 2.05) is 13.0 Å². The number of nitrogens with zero attached hydrogens (tertiary/aromatic N) is 4. The molecule has 1 aliphatic heterocycles. The van der Waals surface area contributed by atoms with Gasteiger partial charge in [-0.3, -0.25) is 0 Å². The fourth-order valence-electron chi connectivity index (χ4n) is 4.26. The molecule has 2 aromatic carbocycles. The van der Waals surface area contributed by atoms with E-state index in [9.17, 15) is 9.30 Å². The highest BCUT2D eigenvalue weighted by atomic mass is 19.1. The molecule has 1 N–H and O–H groups in total. The smallest absolute Gasteiger partial charge is 0.162 e. The molecule has 4 aromatic rings. The maximum absolute atomic E-state index is 14.6. The summed E-state index contributed by atoms with van der Waals surface area (Å²) in [7, 11) is 1.61. The number of benzene rings is 2. The Hall–Kier alpha value is -3.26. The number of anilines is 2. The van der Waals surface area contributed by atoms with Crippen LogP contribution in [0.4, 0.5) is 15.8 Å². The normalized spacial score (nSPS) is 14.8. The molecule has 8 heteroatoms. The van der Waals surface area contributed by atoms with Gasteiger partial charge in [-0.15, -0.1) is 4.91 Å². The van der Waals surface area contributed by atoms with Gasteiger partial charge in [-0.2, -0.15) is 0 Å². The highest BCUT2D eigenvalue weighted by molar-refractivity contribution is 6.18. The van der Waals surface area contributed by atoms with Crippen molar-refractivity contribution in [2.24, 2.45) is 5.29 Å². The molecular formula is C21H20FN5O2. The van der Waals surface area contributed by atoms with Gasteiger partial charge in [0.1, 0.15) is 22.6 Å². The molecule has 0 atom stereocenters. The lowest BCUT2D eigenvalue weighted by Gasteiger charge is -2.32. The fourth-order valence-corrected chi connectivity index (χ4v) is 4.26. The molecule has 1 saturated heterocycles. The molecule has 0 unspecified atom stereocenters. The molecule has 0 amide bonds. The quantitative estimate of drug-likeness (QED) is 0.417. The molecule has 0 spiro atoms. The van der Waals surface area contributed by atoms with Gasteiger partial charge >= 0.3 is 0 Å². The van der Waals surface area contributed by atoms with E-state index in [1.165, 1.54) is 11.1 Å². The van der Waals surface area contributed by atoms with Crippen molar-refractivity contribution in [2.75, 3.05) is 43.1 Å². The molecule has 2 aromatic heterocycles. The minimum absolute atomic E-state index is 0.312. The van der Waals surface area contributed by atoms with Crippen molar-refractivity contribution in [2.45, 2.75) is 6.92 Å². The number of hydrogen-bond donors (Lipinski definition) is 1. The average Bonchev–Trinajstić information content (AvgIpc) is 3.15. The third-order valence-corrected chi connectivity index (χ3v) is 5.61. The number of nitrogens with one attached hydrogen (secondary N) is 1. The minimum atomic E-state index is -0.312. The van der Waals surface area contributed by atoms with Gasteiger partial charge in [0.2, 0.25) is 0 Å². The number of fused-ring (bicyclic) bond motifs is 5. The number of hydrogen-bond acceptors (Lipinski definition) is 6. The van der Waals surface area contributed by atoms with Crippen LogP contribution in [0.15, 0.2) is 40.2 Å². The zero-order valence-electron chi connectivity index (χ0n) is 16.2. The van der Waals surface area contributed by atoms with E-state index < -0.39 is 0 Å². The maximum atomic E-state index is 14.6. The molecule has 5 rings (SSSR count). The van der Waals surface area contributed by atoms with Gasteiger partial charge in [0.05, 0.1) is 22.6 Å². The SMILES string of the molecule is Cc1cc2c(N3CCNCC3)c(N(C)N=O)cnc2c2oc3cccc(F)c3c12. The topological polar surface area (TPSA) is 74.0 Å². The highest BCUT2D eigenvalue weighted by Gasteiger charge is 2.24. The summed E-state index contributed by atoms with van der Waals surface area (Å²) in [6, 6.07) is 6.85. The fraction of sp³-hybridized carbons (Fsp3) is 0.286. The summed E-state index contributed by atoms with van der Waals surface area (Å²) in [5.74, 6) is -0.312. The van der Waals surface area contributed by atoms with Gasteiger partial charge < -0.3 is 14.6 Å². The number of nitroso groups, excluding NO2 is 1. The van der Waals surface area contributed by atoms with Gasteiger partial charge in [-0.1, -0.05) is 6.07 Å². The number of halogens is 1. The molecule has 1 fully saturated rings. The van der Waals surface area contributed by atoms with E-state index in [0.717, 1.165) is 48.2 Å². The molecule has 148 valence electrons. The van der Waals surface area contributed by atoms with Crippen LogP contribution < -0.4 is 15.2 Å². The Balaban J connectivity index is 1.90. The van der Waals surface area contributed by atoms with E-state index in [2.05, 4.69) is 20.5 Å². The van der Waals surface area contributed by atoms with E-state index in [-0.39, 0.29) is 5.82 Å². The van der Waals surface area contributed by atoms with E-state index in [4.69, 9.17) is 4.42 Å². The second-order valence-electron chi connectivity index (χ2n) is 7.34. The Bertz CT molecular complexity index is 1260. The average molecular weight is 393 g/mol. The number of rotatable bonds is 3. The van der Waals surface area contributed by atoms with Gasteiger partial charge in [-0.25, -0.2) is 14.4 Å². The van der Waals surface area contributed by atoms with Crippen LogP contribution in [-0.4, -0.2) is 38.2 Å². The zero-order chi connectivity index (χ0) is 20.1. The third kappa shape index (κ3) is 2.63. The van der Waals surface area contributed by atoms with Crippen LogP contribution in [0.25, 0.3) is 32.8 Å². The zero-order valence-corrected chi connectivity index (χ0v) is 16.2. The molecule has 7 nitrogen and oxygen atoms in total. The van der Waals surface area contributed by atoms with Crippen LogP contribution in [-0.2, 0) is 0 Å². The van der Waals surface area contributed by atoms with Crippen LogP contribution in [0.1, 0.15) is 5.56 Å². The molecule has 29 heavy (non-hydrogen) atoms. The maximum Gasteiger partial charge on any atom is 0.162 e. The monoisotopic (exact) mass is 393 g/mol. The second-order valence-corrected chi connectivity index (χ2v) is 7.34. The number of pyridine rings is 1. The number of piperazine rings is 1. The van der Waals surface area contributed by atoms with Gasteiger partial charge in [0.25, 0.3) is 0 Å². The second kappa shape index (κ2) is 6.66. The molecule has 0 aliphatic carbocycles. The van der Waals surface area contributed by atoms with Gasteiger partial charge in [0, 0.05) is 44.0 Å². The van der Waals surface area contributed by atoms with Crippen molar-refractivity contribution in [1.82, 2.24) is 10.3 Å². The lowest BCUT2D eigenvalue weighted by Crippen LogP contribution is -2.44. The Kier molecular flexibility index (Phi) is 4.09. The van der Waals surface area contributed by atoms with E-state index >= 15 is 0 Å². The Labute approximate surface area is 166 Å². The summed E-state index contributed by atoms with van der Waals surface area (Å²) in [6.45, 7) is 5.23. The Morgan fingerprint density at radius 3 is 2.83 bits per heavy atom. The number of aromatic nitrogens is 1. The van der Waals surface area contributed by atoms with Crippen molar-refractivity contribution >= 4 is 44.2 Å². The summed E-state index contributed by atoms with van der Waals surface area (Å²) in [4.78, 5) is 18.1. The first-order chi connectivity index (χ1) is 14.1. The van der Waals surface area contributed by atoms with Crippen LogP contribution in [0.3, 0.4) is 0 Å². The van der Waals surface area contributed by atoms with Crippen molar-refractivity contribution in [3.8, 4) is 0 Å². The first kappa shape index (κ1) is 17.8. The first-order valence-corrected chi connectivity index (χ1v) is 9.56. The Morgan fingerprint density at radius 2 is 2.07 bits per heavy atom. The van der Waals surface area contributed by atoms with Gasteiger partial charge in [0.15, 0.2) is 5.58 Å². The predicted molar refractivity (Wildman–Crippen MR) is 113 cm³/mol. The third-order valence-electron chi connectivity index (χ3n) is 5.61. The number of furan rings is 1. The van der Waals surface area contributed by atoms with Crippen LogP contribution >= 0.6 is 0 Å². The first-order valence-electron chi connectivity index (χ1n) is 9.56. The largest absolute Gasteiger partial charge is 0.454 e. The lowest BCUT2D eigenvalue weighted by atomic mass is 10.0. The van der Waals surface area contributed by atoms with Crippen molar-refractivity contribution in [1.29, 1.82) is 0 Å². The van der Waals surface area contributed by atoms with Crippen molar-refractivity contribution < 1.29 is 8.81 Å². The molecule has 0 saturated carbocycles. The van der Waals surface area contributed by atoms with Gasteiger partial charge in [-0.05, 0) is 30.7 Å². The van der Waals surface area contributed by atoms with Crippen LogP contribution in [0.2, 0.25) is 0 Å². The number of aryl methyl sites for hydroxylation is 1. The summed E-state index contributed by atoms with van der Waals surface area (Å²) >= 11 is 0. The summed E-state index contributed by atoms with van der Waals surface area (Å²) in [6.07, 6.45) is 1.64. The highest BCUT2D eigenvalue weighted by Crippen LogP contribution is 2.42. The molecule has 0 bridgehead atoms. The molecule has 1 aliphatic rings. The summed E-state index contributed by atoms with van der Waals surface area (Å²) in [5.41, 5.74) is 4.13. The van der Waals surface area contributed by atoms with Crippen LogP contribution in [0, 0.1) is 17.6 Å². The minimum Gasteiger partial charge on any atom is -0.454 e. The molecule has 3 heterocycles. The predicted octanol–water partition coefficient (Wildman–Crippen LogP) is 4.11. The van der Waals surface area contributed by atoms with Crippen molar-refractivity contribution in [3.63, 3.8) is 0 Å².